The maximum atomic E-state index is 11.6. The molecule has 0 aliphatic heterocycles. The van der Waals surface area contributed by atoms with Crippen LogP contribution in [0.15, 0.2) is 0 Å². The van der Waals surface area contributed by atoms with Crippen LogP contribution in [0.5, 0.6) is 0 Å². The minimum atomic E-state index is -0.888. The predicted molar refractivity (Wildman–Crippen MR) is 66.1 cm³/mol. The van der Waals surface area contributed by atoms with Gasteiger partial charge in [-0.2, -0.15) is 0 Å². The molecule has 0 spiro atoms. The number of unbranched alkanes of at least 4 members (excludes halogenated alkanes) is 1. The Kier molecular flexibility index (Phi) is 5.82. The van der Waals surface area contributed by atoms with E-state index in [1.54, 1.807) is 0 Å². The van der Waals surface area contributed by atoms with E-state index in [2.05, 4.69) is 5.32 Å². The van der Waals surface area contributed by atoms with Crippen LogP contribution in [0.3, 0.4) is 0 Å². The summed E-state index contributed by atoms with van der Waals surface area (Å²) < 4.78 is 0. The molecule has 0 aromatic rings. The Hall–Kier alpha value is -1.39. The lowest BCUT2D eigenvalue weighted by molar-refractivity contribution is -0.145. The van der Waals surface area contributed by atoms with Gasteiger partial charge in [0.1, 0.15) is 0 Å². The van der Waals surface area contributed by atoms with Crippen molar-refractivity contribution in [2.45, 2.75) is 57.9 Å². The second-order valence-electron chi connectivity index (χ2n) is 4.84. The number of carbonyl (C=O) groups is 3. The summed E-state index contributed by atoms with van der Waals surface area (Å²) in [7, 11) is 0. The van der Waals surface area contributed by atoms with Gasteiger partial charge in [-0.1, -0.05) is 26.2 Å². The molecule has 0 heterocycles. The zero-order valence-corrected chi connectivity index (χ0v) is 10.8. The molecule has 5 heteroatoms. The number of hydrogen-bond acceptors (Lipinski definition) is 3. The number of carbonyl (C=O) groups excluding carboxylic acids is 2. The minimum absolute atomic E-state index is 0.243. The highest BCUT2D eigenvalue weighted by molar-refractivity contribution is 6.36. The average molecular weight is 255 g/mol. The number of carboxylic acids is 1. The Bertz CT molecular complexity index is 327. The van der Waals surface area contributed by atoms with Crippen molar-refractivity contribution in [3.05, 3.63) is 0 Å². The van der Waals surface area contributed by atoms with E-state index in [1.807, 2.05) is 6.92 Å². The van der Waals surface area contributed by atoms with Crippen LogP contribution in [0.2, 0.25) is 0 Å². The molecule has 0 saturated heterocycles. The van der Waals surface area contributed by atoms with Gasteiger partial charge in [0.25, 0.3) is 5.91 Å². The lowest BCUT2D eigenvalue weighted by Crippen LogP contribution is -2.47. The molecule has 1 saturated carbocycles. The third kappa shape index (κ3) is 4.13. The number of Topliss-reactive ketones (excluding diaryl/α,β-unsaturated/α-hetero) is 1. The number of rotatable bonds is 6. The molecule has 102 valence electrons. The summed E-state index contributed by atoms with van der Waals surface area (Å²) in [5, 5.41) is 11.7. The molecule has 0 aromatic heterocycles. The quantitative estimate of drug-likeness (QED) is 0.705. The number of nitrogens with one attached hydrogen (secondary N) is 1. The van der Waals surface area contributed by atoms with Crippen LogP contribution in [0.25, 0.3) is 0 Å². The second kappa shape index (κ2) is 7.13. The van der Waals surface area contributed by atoms with Crippen LogP contribution in [-0.4, -0.2) is 28.8 Å². The topological polar surface area (TPSA) is 83.5 Å². The Balaban J connectivity index is 2.50. The largest absolute Gasteiger partial charge is 0.481 e. The van der Waals surface area contributed by atoms with E-state index < -0.39 is 29.6 Å². The lowest BCUT2D eigenvalue weighted by atomic mass is 9.84. The number of hydrogen-bond donors (Lipinski definition) is 2. The third-order valence-corrected chi connectivity index (χ3v) is 3.41. The van der Waals surface area contributed by atoms with Crippen molar-refractivity contribution in [1.82, 2.24) is 5.32 Å². The monoisotopic (exact) mass is 255 g/mol. The van der Waals surface area contributed by atoms with E-state index >= 15 is 0 Å². The summed E-state index contributed by atoms with van der Waals surface area (Å²) in [6, 6.07) is -0.394. The Labute approximate surface area is 107 Å². The van der Waals surface area contributed by atoms with Gasteiger partial charge in [0.05, 0.1) is 5.92 Å². The van der Waals surface area contributed by atoms with Gasteiger partial charge in [-0.3, -0.25) is 14.4 Å². The first-order valence-electron chi connectivity index (χ1n) is 6.62. The zero-order valence-electron chi connectivity index (χ0n) is 10.8. The van der Waals surface area contributed by atoms with Crippen LogP contribution in [0, 0.1) is 5.92 Å². The third-order valence-electron chi connectivity index (χ3n) is 3.41. The first kappa shape index (κ1) is 14.7. The van der Waals surface area contributed by atoms with Crippen molar-refractivity contribution < 1.29 is 19.5 Å². The van der Waals surface area contributed by atoms with Crippen LogP contribution in [0.1, 0.15) is 51.9 Å². The molecule has 0 aromatic carbocycles. The maximum Gasteiger partial charge on any atom is 0.308 e. The molecule has 1 rings (SSSR count). The number of aliphatic carboxylic acids is 1. The summed E-state index contributed by atoms with van der Waals surface area (Å²) >= 11 is 0. The second-order valence-corrected chi connectivity index (χ2v) is 4.84. The molecule has 1 aliphatic carbocycles. The number of carboxylic acid groups (broad SMARTS) is 1. The minimum Gasteiger partial charge on any atom is -0.481 e. The normalized spacial score (nSPS) is 23.4. The highest BCUT2D eigenvalue weighted by atomic mass is 16.4. The van der Waals surface area contributed by atoms with Gasteiger partial charge in [0, 0.05) is 12.5 Å². The van der Waals surface area contributed by atoms with Crippen LogP contribution in [0.4, 0.5) is 0 Å². The summed E-state index contributed by atoms with van der Waals surface area (Å²) in [6.07, 6.45) is 4.78. The maximum absolute atomic E-state index is 11.6. The molecule has 1 fully saturated rings. The van der Waals surface area contributed by atoms with E-state index in [4.69, 9.17) is 5.11 Å². The molecule has 2 N–H and O–H groups in total. The van der Waals surface area contributed by atoms with Gasteiger partial charge < -0.3 is 10.4 Å². The summed E-state index contributed by atoms with van der Waals surface area (Å²) in [4.78, 5) is 34.2. The van der Waals surface area contributed by atoms with Gasteiger partial charge in [-0.25, -0.2) is 0 Å². The molecule has 2 atom stereocenters. The molecule has 0 unspecified atom stereocenters. The molecular weight excluding hydrogens is 234 g/mol. The molecule has 18 heavy (non-hydrogen) atoms. The van der Waals surface area contributed by atoms with Crippen LogP contribution in [-0.2, 0) is 14.4 Å². The number of ketones is 1. The molecule has 5 nitrogen and oxygen atoms in total. The fraction of sp³-hybridized carbons (Fsp3) is 0.769. The smallest absolute Gasteiger partial charge is 0.308 e. The standard InChI is InChI=1S/C13H21NO4/c1-2-3-8-11(15)12(16)14-10-7-5-4-6-9(10)13(17)18/h9-10H,2-8H2,1H3,(H,14,16)(H,17,18)/t9-,10+/m1/s1. The zero-order chi connectivity index (χ0) is 13.5. The predicted octanol–water partition coefficient (Wildman–Crippen LogP) is 1.51. The van der Waals surface area contributed by atoms with Gasteiger partial charge in [-0.05, 0) is 19.3 Å². The summed E-state index contributed by atoms with van der Waals surface area (Å²) in [5.74, 6) is -2.50. The van der Waals surface area contributed by atoms with Crippen molar-refractivity contribution in [2.24, 2.45) is 5.92 Å². The molecule has 1 amide bonds. The fourth-order valence-corrected chi connectivity index (χ4v) is 2.30. The molecule has 0 radical (unpaired) electrons. The fourth-order valence-electron chi connectivity index (χ4n) is 2.30. The molecular formula is C13H21NO4. The van der Waals surface area contributed by atoms with E-state index in [0.717, 1.165) is 19.3 Å². The van der Waals surface area contributed by atoms with Gasteiger partial charge >= 0.3 is 5.97 Å². The highest BCUT2D eigenvalue weighted by Gasteiger charge is 2.32. The van der Waals surface area contributed by atoms with Crippen molar-refractivity contribution in [3.8, 4) is 0 Å². The summed E-state index contributed by atoms with van der Waals surface area (Å²) in [6.45, 7) is 1.95. The van der Waals surface area contributed by atoms with Crippen LogP contribution >= 0.6 is 0 Å². The first-order valence-corrected chi connectivity index (χ1v) is 6.62. The lowest BCUT2D eigenvalue weighted by Gasteiger charge is -2.28. The highest BCUT2D eigenvalue weighted by Crippen LogP contribution is 2.24. The SMILES string of the molecule is CCCCC(=O)C(=O)N[C@H]1CCCC[C@H]1C(=O)O. The van der Waals surface area contributed by atoms with Crippen molar-refractivity contribution in [1.29, 1.82) is 0 Å². The summed E-state index contributed by atoms with van der Waals surface area (Å²) in [5.41, 5.74) is 0. The Morgan fingerprint density at radius 1 is 1.22 bits per heavy atom. The van der Waals surface area contributed by atoms with Gasteiger partial charge in [-0.15, -0.1) is 0 Å². The van der Waals surface area contributed by atoms with Crippen molar-refractivity contribution >= 4 is 17.7 Å². The van der Waals surface area contributed by atoms with E-state index in [9.17, 15) is 14.4 Å². The Morgan fingerprint density at radius 2 is 1.89 bits per heavy atom. The van der Waals surface area contributed by atoms with E-state index in [-0.39, 0.29) is 6.42 Å². The van der Waals surface area contributed by atoms with Crippen molar-refractivity contribution in [2.75, 3.05) is 0 Å². The van der Waals surface area contributed by atoms with E-state index in [1.165, 1.54) is 0 Å². The average Bonchev–Trinajstić information content (AvgIpc) is 2.36. The number of amides is 1. The van der Waals surface area contributed by atoms with Crippen LogP contribution < -0.4 is 5.32 Å². The first-order chi connectivity index (χ1) is 8.56. The van der Waals surface area contributed by atoms with Gasteiger partial charge in [0.15, 0.2) is 0 Å². The molecule has 1 aliphatic rings. The van der Waals surface area contributed by atoms with Crippen molar-refractivity contribution in [3.63, 3.8) is 0 Å². The molecule has 0 bridgehead atoms. The Morgan fingerprint density at radius 3 is 2.50 bits per heavy atom. The van der Waals surface area contributed by atoms with E-state index in [0.29, 0.717) is 19.3 Å². The van der Waals surface area contributed by atoms with Gasteiger partial charge in [0.2, 0.25) is 5.78 Å².